The Morgan fingerprint density at radius 2 is 1.96 bits per heavy atom. The molecule has 148 valence electrons. The number of carbonyl (C=O) groups excluding carboxylic acids is 1. The molecule has 0 bridgehead atoms. The van der Waals surface area contributed by atoms with Crippen molar-refractivity contribution in [1.82, 2.24) is 18.7 Å². The number of benzene rings is 1. The van der Waals surface area contributed by atoms with E-state index in [1.165, 1.54) is 36.7 Å². The molecule has 0 saturated carbocycles. The van der Waals surface area contributed by atoms with Crippen LogP contribution in [-0.2, 0) is 25.4 Å². The fourth-order valence-electron chi connectivity index (χ4n) is 2.78. The number of aromatic nitrogens is 4. The average molecular weight is 391 g/mol. The van der Waals surface area contributed by atoms with E-state index in [4.69, 9.17) is 15.2 Å². The highest BCUT2D eigenvalue weighted by Gasteiger charge is 2.18. The van der Waals surface area contributed by atoms with E-state index < -0.39 is 23.0 Å². The molecule has 0 fully saturated rings. The van der Waals surface area contributed by atoms with E-state index >= 15 is 0 Å². The predicted octanol–water partition coefficient (Wildman–Crippen LogP) is 0.0206. The highest BCUT2D eigenvalue weighted by atomic mass is 19.1. The molecule has 28 heavy (non-hydrogen) atoms. The minimum atomic E-state index is -0.902. The molecule has 0 aliphatic heterocycles. The molecular weight excluding hydrogens is 373 g/mol. The second-order valence-electron chi connectivity index (χ2n) is 6.03. The molecule has 10 nitrogen and oxygen atoms in total. The zero-order valence-corrected chi connectivity index (χ0v) is 15.4. The molecule has 11 heteroatoms. The second kappa shape index (κ2) is 7.18. The number of nitrogens with zero attached hydrogens (tertiary/aromatic N) is 4. The Morgan fingerprint density at radius 1 is 1.25 bits per heavy atom. The SMILES string of the molecule is COc1cc(C(=O)OCCn2cnc3c2c(=O)n(C)c(=O)n3C)c(F)cc1N. The van der Waals surface area contributed by atoms with Gasteiger partial charge in [-0.2, -0.15) is 0 Å². The van der Waals surface area contributed by atoms with Gasteiger partial charge in [-0.15, -0.1) is 0 Å². The zero-order valence-electron chi connectivity index (χ0n) is 15.4. The van der Waals surface area contributed by atoms with Gasteiger partial charge in [-0.3, -0.25) is 13.9 Å². The first-order valence-electron chi connectivity index (χ1n) is 8.17. The number of anilines is 1. The van der Waals surface area contributed by atoms with Crippen LogP contribution in [0.2, 0.25) is 0 Å². The molecule has 3 rings (SSSR count). The lowest BCUT2D eigenvalue weighted by molar-refractivity contribution is 0.0486. The predicted molar refractivity (Wildman–Crippen MR) is 97.9 cm³/mol. The lowest BCUT2D eigenvalue weighted by Crippen LogP contribution is -2.37. The normalized spacial score (nSPS) is 11.0. The first-order chi connectivity index (χ1) is 13.3. The Morgan fingerprint density at radius 3 is 2.64 bits per heavy atom. The van der Waals surface area contributed by atoms with Gasteiger partial charge in [0, 0.05) is 20.2 Å². The largest absolute Gasteiger partial charge is 0.495 e. The molecule has 2 heterocycles. The van der Waals surface area contributed by atoms with E-state index in [2.05, 4.69) is 4.98 Å². The van der Waals surface area contributed by atoms with Crippen molar-refractivity contribution in [2.75, 3.05) is 19.5 Å². The lowest BCUT2D eigenvalue weighted by atomic mass is 10.2. The maximum absolute atomic E-state index is 14.0. The van der Waals surface area contributed by atoms with Gasteiger partial charge in [0.2, 0.25) is 0 Å². The number of fused-ring (bicyclic) bond motifs is 1. The fourth-order valence-corrected chi connectivity index (χ4v) is 2.78. The molecule has 0 aliphatic rings. The number of imidazole rings is 1. The molecule has 0 aliphatic carbocycles. The molecular formula is C17H18FN5O5. The Balaban J connectivity index is 1.80. The first kappa shape index (κ1) is 19.1. The van der Waals surface area contributed by atoms with Gasteiger partial charge in [-0.25, -0.2) is 19.0 Å². The summed E-state index contributed by atoms with van der Waals surface area (Å²) >= 11 is 0. The van der Waals surface area contributed by atoms with E-state index in [1.807, 2.05) is 0 Å². The van der Waals surface area contributed by atoms with Crippen LogP contribution in [0.1, 0.15) is 10.4 Å². The van der Waals surface area contributed by atoms with Crippen LogP contribution in [0.5, 0.6) is 5.75 Å². The monoisotopic (exact) mass is 391 g/mol. The minimum Gasteiger partial charge on any atom is -0.495 e. The van der Waals surface area contributed by atoms with E-state index in [9.17, 15) is 18.8 Å². The smallest absolute Gasteiger partial charge is 0.341 e. The maximum Gasteiger partial charge on any atom is 0.341 e. The van der Waals surface area contributed by atoms with Gasteiger partial charge in [-0.05, 0) is 6.07 Å². The number of nitrogens with two attached hydrogens (primary N) is 1. The van der Waals surface area contributed by atoms with Gasteiger partial charge in [0.25, 0.3) is 5.56 Å². The zero-order chi connectivity index (χ0) is 20.6. The Kier molecular flexibility index (Phi) is 4.91. The number of esters is 1. The van der Waals surface area contributed by atoms with Crippen molar-refractivity contribution in [2.24, 2.45) is 14.1 Å². The summed E-state index contributed by atoms with van der Waals surface area (Å²) in [5.41, 5.74) is 4.72. The summed E-state index contributed by atoms with van der Waals surface area (Å²) in [4.78, 5) is 40.5. The molecule has 0 saturated heterocycles. The number of nitrogen functional groups attached to an aromatic ring is 1. The summed E-state index contributed by atoms with van der Waals surface area (Å²) in [6.07, 6.45) is 1.37. The highest BCUT2D eigenvalue weighted by molar-refractivity contribution is 5.91. The molecule has 0 spiro atoms. The van der Waals surface area contributed by atoms with Crippen LogP contribution < -0.4 is 21.7 Å². The molecule has 0 amide bonds. The van der Waals surface area contributed by atoms with Crippen LogP contribution >= 0.6 is 0 Å². The van der Waals surface area contributed by atoms with Crippen LogP contribution in [-0.4, -0.2) is 38.4 Å². The van der Waals surface area contributed by atoms with Gasteiger partial charge in [-0.1, -0.05) is 0 Å². The molecule has 2 N–H and O–H groups in total. The summed E-state index contributed by atoms with van der Waals surface area (Å²) in [6, 6.07) is 2.13. The Labute approximate surface area is 157 Å². The standard InChI is InChI=1S/C17H18FN5O5/c1-21-14-13(15(24)22(2)17(21)26)23(8-20-14)4-5-28-16(25)9-6-12(27-3)11(19)7-10(9)18/h6-8H,4-5,19H2,1-3H3. The Bertz CT molecular complexity index is 1190. The number of hydrogen-bond acceptors (Lipinski definition) is 7. The van der Waals surface area contributed by atoms with E-state index in [0.717, 1.165) is 16.7 Å². The summed E-state index contributed by atoms with van der Waals surface area (Å²) in [6.45, 7) is -0.0637. The van der Waals surface area contributed by atoms with Crippen molar-refractivity contribution in [3.8, 4) is 5.75 Å². The number of rotatable bonds is 5. The number of methoxy groups -OCH3 is 1. The minimum absolute atomic E-state index is 0.0582. The van der Waals surface area contributed by atoms with Crippen LogP contribution in [0.3, 0.4) is 0 Å². The van der Waals surface area contributed by atoms with Gasteiger partial charge >= 0.3 is 11.7 Å². The molecule has 2 aromatic heterocycles. The van der Waals surface area contributed by atoms with Crippen molar-refractivity contribution in [2.45, 2.75) is 6.54 Å². The molecule has 0 atom stereocenters. The molecule has 0 radical (unpaired) electrons. The van der Waals surface area contributed by atoms with Crippen LogP contribution in [0.15, 0.2) is 28.0 Å². The van der Waals surface area contributed by atoms with Crippen molar-refractivity contribution < 1.29 is 18.7 Å². The fraction of sp³-hybridized carbons (Fsp3) is 0.294. The summed E-state index contributed by atoms with van der Waals surface area (Å²) in [5, 5.41) is 0. The van der Waals surface area contributed by atoms with Crippen LogP contribution in [0.25, 0.3) is 11.2 Å². The maximum atomic E-state index is 14.0. The third kappa shape index (κ3) is 3.10. The molecule has 3 aromatic rings. The highest BCUT2D eigenvalue weighted by Crippen LogP contribution is 2.25. The van der Waals surface area contributed by atoms with Crippen LogP contribution in [0.4, 0.5) is 10.1 Å². The van der Waals surface area contributed by atoms with Crippen LogP contribution in [0, 0.1) is 5.82 Å². The number of aryl methyl sites for hydroxylation is 1. The number of carbonyl (C=O) groups is 1. The van der Waals surface area contributed by atoms with Crippen molar-refractivity contribution in [1.29, 1.82) is 0 Å². The van der Waals surface area contributed by atoms with Crippen molar-refractivity contribution in [3.63, 3.8) is 0 Å². The topological polar surface area (TPSA) is 123 Å². The summed E-state index contributed by atoms with van der Waals surface area (Å²) in [7, 11) is 4.20. The molecule has 1 aromatic carbocycles. The van der Waals surface area contributed by atoms with Gasteiger partial charge in [0.15, 0.2) is 11.2 Å². The van der Waals surface area contributed by atoms with E-state index in [0.29, 0.717) is 0 Å². The van der Waals surface area contributed by atoms with E-state index in [-0.39, 0.29) is 41.3 Å². The average Bonchev–Trinajstić information content (AvgIpc) is 3.08. The molecule has 0 unspecified atom stereocenters. The Hall–Kier alpha value is -3.63. The quantitative estimate of drug-likeness (QED) is 0.480. The summed E-state index contributed by atoms with van der Waals surface area (Å²) in [5.74, 6) is -1.58. The summed E-state index contributed by atoms with van der Waals surface area (Å²) < 4.78 is 27.7. The number of hydrogen-bond donors (Lipinski definition) is 1. The number of ether oxygens (including phenoxy) is 2. The van der Waals surface area contributed by atoms with Crippen molar-refractivity contribution >= 4 is 22.8 Å². The van der Waals surface area contributed by atoms with Gasteiger partial charge < -0.3 is 19.8 Å². The third-order valence-electron chi connectivity index (χ3n) is 4.32. The first-order valence-corrected chi connectivity index (χ1v) is 8.17. The lowest BCUT2D eigenvalue weighted by Gasteiger charge is -2.10. The van der Waals surface area contributed by atoms with E-state index in [1.54, 1.807) is 0 Å². The van der Waals surface area contributed by atoms with Gasteiger partial charge in [0.1, 0.15) is 18.2 Å². The number of halogens is 1. The third-order valence-corrected chi connectivity index (χ3v) is 4.32. The second-order valence-corrected chi connectivity index (χ2v) is 6.03. The van der Waals surface area contributed by atoms with Gasteiger partial charge in [0.05, 0.1) is 31.2 Å². The van der Waals surface area contributed by atoms with Crippen molar-refractivity contribution in [3.05, 3.63) is 50.7 Å².